The quantitative estimate of drug-likeness (QED) is 0.514. The van der Waals surface area contributed by atoms with Gasteiger partial charge in [-0.25, -0.2) is 4.98 Å². The zero-order valence-electron chi connectivity index (χ0n) is 10.1. The maximum Gasteiger partial charge on any atom is 0.274 e. The molecule has 8 heteroatoms. The summed E-state index contributed by atoms with van der Waals surface area (Å²) in [6.45, 7) is 2.20. The Morgan fingerprint density at radius 3 is 3.00 bits per heavy atom. The summed E-state index contributed by atoms with van der Waals surface area (Å²) < 4.78 is 0.782. The average Bonchev–Trinajstić information content (AvgIpc) is 2.34. The highest BCUT2D eigenvalue weighted by Crippen LogP contribution is 2.14. The van der Waals surface area contributed by atoms with Crippen molar-refractivity contribution < 1.29 is 4.92 Å². The Morgan fingerprint density at radius 2 is 2.37 bits per heavy atom. The number of hydrogen-bond acceptors (Lipinski definition) is 5. The van der Waals surface area contributed by atoms with Gasteiger partial charge in [-0.1, -0.05) is 6.07 Å². The Morgan fingerprint density at radius 1 is 1.58 bits per heavy atom. The van der Waals surface area contributed by atoms with E-state index < -0.39 is 4.92 Å². The lowest BCUT2D eigenvalue weighted by Gasteiger charge is -2.30. The minimum atomic E-state index is -0.430. The standard InChI is InChI=1S/C11H13BrN4O2.ClH/c12-10-3-2-9(6-14-10)7-15-5-1-4-13-11(15)8-16(17)18;/h2-3,6,8,13H,1,4-5,7H2;1H. The first-order valence-electron chi connectivity index (χ1n) is 5.60. The fraction of sp³-hybridized carbons (Fsp3) is 0.364. The van der Waals surface area contributed by atoms with Crippen LogP contribution in [-0.4, -0.2) is 27.9 Å². The summed E-state index contributed by atoms with van der Waals surface area (Å²) in [4.78, 5) is 16.2. The molecule has 2 heterocycles. The van der Waals surface area contributed by atoms with E-state index in [2.05, 4.69) is 26.2 Å². The molecule has 0 unspecified atom stereocenters. The van der Waals surface area contributed by atoms with Gasteiger partial charge in [-0.15, -0.1) is 12.4 Å². The van der Waals surface area contributed by atoms with Gasteiger partial charge < -0.3 is 10.2 Å². The van der Waals surface area contributed by atoms with Crippen LogP contribution in [0.3, 0.4) is 0 Å². The molecule has 19 heavy (non-hydrogen) atoms. The third-order valence-corrected chi connectivity index (χ3v) is 3.11. The van der Waals surface area contributed by atoms with Crippen molar-refractivity contribution in [2.45, 2.75) is 13.0 Å². The van der Waals surface area contributed by atoms with E-state index in [1.54, 1.807) is 6.20 Å². The summed E-state index contributed by atoms with van der Waals surface area (Å²) in [5, 5.41) is 13.6. The molecule has 1 fully saturated rings. The van der Waals surface area contributed by atoms with Gasteiger partial charge in [0.05, 0.1) is 4.92 Å². The Balaban J connectivity index is 0.00000180. The maximum absolute atomic E-state index is 10.6. The van der Waals surface area contributed by atoms with Crippen molar-refractivity contribution in [2.75, 3.05) is 13.1 Å². The molecule has 104 valence electrons. The lowest BCUT2D eigenvalue weighted by Crippen LogP contribution is -2.39. The van der Waals surface area contributed by atoms with Crippen LogP contribution in [0.5, 0.6) is 0 Å². The second-order valence-corrected chi connectivity index (χ2v) is 4.80. The zero-order chi connectivity index (χ0) is 13.0. The molecular formula is C11H14BrClN4O2. The van der Waals surface area contributed by atoms with Gasteiger partial charge in [0.1, 0.15) is 4.60 Å². The first-order valence-corrected chi connectivity index (χ1v) is 6.39. The summed E-state index contributed by atoms with van der Waals surface area (Å²) in [6.07, 6.45) is 3.76. The van der Waals surface area contributed by atoms with Crippen molar-refractivity contribution in [3.05, 3.63) is 50.6 Å². The van der Waals surface area contributed by atoms with Gasteiger partial charge in [0.15, 0.2) is 5.82 Å². The van der Waals surface area contributed by atoms with Gasteiger partial charge in [-0.05, 0) is 34.0 Å². The van der Waals surface area contributed by atoms with Crippen molar-refractivity contribution >= 4 is 28.3 Å². The van der Waals surface area contributed by atoms with Crippen molar-refractivity contribution in [3.8, 4) is 0 Å². The number of pyridine rings is 1. The molecule has 1 aliphatic heterocycles. The summed E-state index contributed by atoms with van der Waals surface area (Å²) in [6, 6.07) is 3.82. The summed E-state index contributed by atoms with van der Waals surface area (Å²) in [5.74, 6) is 0.564. The second kappa shape index (κ2) is 7.30. The largest absolute Gasteiger partial charge is 0.367 e. The predicted octanol–water partition coefficient (Wildman–Crippen LogP) is 2.14. The smallest absolute Gasteiger partial charge is 0.274 e. The Labute approximate surface area is 125 Å². The van der Waals surface area contributed by atoms with E-state index in [4.69, 9.17) is 0 Å². The van der Waals surface area contributed by atoms with E-state index in [0.29, 0.717) is 12.4 Å². The fourth-order valence-corrected chi connectivity index (χ4v) is 2.06. The van der Waals surface area contributed by atoms with Gasteiger partial charge in [0.2, 0.25) is 0 Å². The number of aromatic nitrogens is 1. The van der Waals surface area contributed by atoms with Crippen LogP contribution in [-0.2, 0) is 6.54 Å². The van der Waals surface area contributed by atoms with E-state index in [9.17, 15) is 10.1 Å². The maximum atomic E-state index is 10.6. The third kappa shape index (κ3) is 4.68. The van der Waals surface area contributed by atoms with Crippen LogP contribution < -0.4 is 5.32 Å². The average molecular weight is 350 g/mol. The lowest BCUT2D eigenvalue weighted by molar-refractivity contribution is -0.405. The molecule has 2 rings (SSSR count). The molecule has 0 aliphatic carbocycles. The van der Waals surface area contributed by atoms with E-state index in [0.717, 1.165) is 35.9 Å². The van der Waals surface area contributed by atoms with Crippen molar-refractivity contribution in [3.63, 3.8) is 0 Å². The number of hydrogen-bond donors (Lipinski definition) is 1. The number of nitrogens with zero attached hydrogens (tertiary/aromatic N) is 3. The Hall–Kier alpha value is -1.34. The lowest BCUT2D eigenvalue weighted by atomic mass is 10.2. The van der Waals surface area contributed by atoms with Gasteiger partial charge in [-0.3, -0.25) is 10.1 Å². The molecule has 6 nitrogen and oxygen atoms in total. The van der Waals surface area contributed by atoms with Crippen LogP contribution >= 0.6 is 28.3 Å². The molecule has 1 aromatic heterocycles. The van der Waals surface area contributed by atoms with E-state index in [1.165, 1.54) is 0 Å². The summed E-state index contributed by atoms with van der Waals surface area (Å²) in [7, 11) is 0. The Kier molecular flexibility index (Phi) is 6.04. The first kappa shape index (κ1) is 15.7. The van der Waals surface area contributed by atoms with Crippen LogP contribution in [0.4, 0.5) is 0 Å². The zero-order valence-corrected chi connectivity index (χ0v) is 12.5. The summed E-state index contributed by atoms with van der Waals surface area (Å²) in [5.41, 5.74) is 1.02. The molecule has 0 spiro atoms. The monoisotopic (exact) mass is 348 g/mol. The van der Waals surface area contributed by atoms with Crippen molar-refractivity contribution in [2.24, 2.45) is 0 Å². The number of nitro groups is 1. The molecule has 1 aliphatic rings. The van der Waals surface area contributed by atoms with Gasteiger partial charge in [0, 0.05) is 25.8 Å². The van der Waals surface area contributed by atoms with E-state index >= 15 is 0 Å². The van der Waals surface area contributed by atoms with Crippen LogP contribution in [0, 0.1) is 10.1 Å². The highest BCUT2D eigenvalue weighted by atomic mass is 79.9. The molecule has 0 saturated carbocycles. The number of rotatable bonds is 3. The molecule has 1 saturated heterocycles. The molecular weight excluding hydrogens is 336 g/mol. The molecule has 0 amide bonds. The van der Waals surface area contributed by atoms with Crippen LogP contribution in [0.2, 0.25) is 0 Å². The molecule has 0 atom stereocenters. The highest BCUT2D eigenvalue weighted by Gasteiger charge is 2.17. The normalized spacial score (nSPS) is 16.7. The fourth-order valence-electron chi connectivity index (χ4n) is 1.83. The van der Waals surface area contributed by atoms with Gasteiger partial charge in [0.25, 0.3) is 6.20 Å². The molecule has 0 bridgehead atoms. The Bertz CT molecular complexity index is 466. The van der Waals surface area contributed by atoms with Gasteiger partial charge in [-0.2, -0.15) is 0 Å². The molecule has 0 aromatic carbocycles. The SMILES string of the molecule is Cl.O=[N+]([O-])C=C1NCCCN1Cc1ccc(Br)nc1. The van der Waals surface area contributed by atoms with Crippen LogP contribution in [0.1, 0.15) is 12.0 Å². The molecule has 1 aromatic rings. The minimum absolute atomic E-state index is 0. The second-order valence-electron chi connectivity index (χ2n) is 3.99. The summed E-state index contributed by atoms with van der Waals surface area (Å²) >= 11 is 3.28. The third-order valence-electron chi connectivity index (χ3n) is 2.64. The molecule has 1 N–H and O–H groups in total. The van der Waals surface area contributed by atoms with Crippen molar-refractivity contribution in [1.82, 2.24) is 15.2 Å². The molecule has 0 radical (unpaired) electrons. The van der Waals surface area contributed by atoms with Gasteiger partial charge >= 0.3 is 0 Å². The van der Waals surface area contributed by atoms with E-state index in [-0.39, 0.29) is 12.4 Å². The number of nitrogens with one attached hydrogen (secondary N) is 1. The number of halogens is 2. The first-order chi connectivity index (χ1) is 8.65. The highest BCUT2D eigenvalue weighted by molar-refractivity contribution is 9.10. The topological polar surface area (TPSA) is 71.3 Å². The van der Waals surface area contributed by atoms with Crippen LogP contribution in [0.15, 0.2) is 35.0 Å². The minimum Gasteiger partial charge on any atom is -0.367 e. The van der Waals surface area contributed by atoms with E-state index in [1.807, 2.05) is 17.0 Å². The predicted molar refractivity (Wildman–Crippen MR) is 77.3 cm³/mol. The van der Waals surface area contributed by atoms with Crippen molar-refractivity contribution in [1.29, 1.82) is 0 Å². The van der Waals surface area contributed by atoms with Crippen LogP contribution in [0.25, 0.3) is 0 Å².